The molecule has 4 rings (SSSR count). The zero-order valence-electron chi connectivity index (χ0n) is 15.3. The van der Waals surface area contributed by atoms with Gasteiger partial charge in [0.15, 0.2) is 12.2 Å². The summed E-state index contributed by atoms with van der Waals surface area (Å²) in [4.78, 5) is 37.3. The molecule has 3 aliphatic heterocycles. The summed E-state index contributed by atoms with van der Waals surface area (Å²) in [5.74, 6) is 0.585. The number of aliphatic imine (C=N–C) groups is 1. The van der Waals surface area contributed by atoms with Crippen LogP contribution in [-0.4, -0.2) is 71.5 Å². The molecule has 2 saturated heterocycles. The Morgan fingerprint density at radius 3 is 2.77 bits per heavy atom. The number of guanidine groups is 1. The number of imide groups is 1. The second-order valence-electron chi connectivity index (χ2n) is 7.05. The molecule has 1 aromatic rings. The van der Waals surface area contributed by atoms with E-state index in [1.54, 1.807) is 18.0 Å². The molecule has 3 aliphatic rings. The molecule has 2 unspecified atom stereocenters. The van der Waals surface area contributed by atoms with Gasteiger partial charge >= 0.3 is 6.03 Å². The quantitative estimate of drug-likeness (QED) is 0.774. The molecule has 7 nitrogen and oxygen atoms in total. The summed E-state index contributed by atoms with van der Waals surface area (Å²) in [6, 6.07) is 5.56. The van der Waals surface area contributed by atoms with E-state index in [4.69, 9.17) is 4.99 Å². The molecule has 0 aliphatic carbocycles. The van der Waals surface area contributed by atoms with Crippen LogP contribution in [0.2, 0.25) is 0 Å². The molecule has 7 heteroatoms. The molecule has 0 aromatic heterocycles. The molecule has 0 saturated carbocycles. The van der Waals surface area contributed by atoms with Gasteiger partial charge in [-0.2, -0.15) is 0 Å². The Hall–Kier alpha value is -2.83. The van der Waals surface area contributed by atoms with Crippen molar-refractivity contribution in [3.63, 3.8) is 0 Å². The largest absolute Gasteiger partial charge is 0.328 e. The van der Waals surface area contributed by atoms with Gasteiger partial charge in [-0.25, -0.2) is 9.79 Å². The number of anilines is 1. The van der Waals surface area contributed by atoms with E-state index in [0.717, 1.165) is 18.2 Å². The maximum Gasteiger partial charge on any atom is 0.328 e. The first-order chi connectivity index (χ1) is 12.4. The van der Waals surface area contributed by atoms with Crippen molar-refractivity contribution in [2.24, 2.45) is 4.99 Å². The van der Waals surface area contributed by atoms with Crippen molar-refractivity contribution in [3.8, 4) is 0 Å². The maximum absolute atomic E-state index is 13.0. The first kappa shape index (κ1) is 16.6. The lowest BCUT2D eigenvalue weighted by atomic mass is 10.1. The second kappa shape index (κ2) is 5.86. The van der Waals surface area contributed by atoms with Gasteiger partial charge in [0.1, 0.15) is 0 Å². The average Bonchev–Trinajstić information content (AvgIpc) is 3.18. The van der Waals surface area contributed by atoms with E-state index in [2.05, 4.69) is 43.5 Å². The fourth-order valence-electron chi connectivity index (χ4n) is 3.97. The number of likely N-dealkylation sites (N-methyl/N-ethyl adjacent to an activating group) is 1. The van der Waals surface area contributed by atoms with Gasteiger partial charge in [0.05, 0.1) is 0 Å². The predicted octanol–water partition coefficient (Wildman–Crippen LogP) is 1.57. The third kappa shape index (κ3) is 2.23. The van der Waals surface area contributed by atoms with Crippen molar-refractivity contribution >= 4 is 23.6 Å². The maximum atomic E-state index is 13.0. The third-order valence-electron chi connectivity index (χ3n) is 5.34. The first-order valence-corrected chi connectivity index (χ1v) is 8.82. The highest BCUT2D eigenvalue weighted by molar-refractivity contribution is 6.08. The molecule has 2 atom stereocenters. The van der Waals surface area contributed by atoms with Crippen LogP contribution in [0, 0.1) is 13.8 Å². The van der Waals surface area contributed by atoms with Gasteiger partial charge in [0.2, 0.25) is 5.96 Å². The summed E-state index contributed by atoms with van der Waals surface area (Å²) in [5.41, 5.74) is 3.45. The molecule has 0 bridgehead atoms. The number of amides is 3. The minimum Gasteiger partial charge on any atom is -0.325 e. The highest BCUT2D eigenvalue weighted by Crippen LogP contribution is 2.34. The molecule has 3 heterocycles. The zero-order valence-corrected chi connectivity index (χ0v) is 15.3. The Morgan fingerprint density at radius 1 is 1.27 bits per heavy atom. The van der Waals surface area contributed by atoms with Crippen LogP contribution in [0.1, 0.15) is 11.1 Å². The normalized spacial score (nSPS) is 24.8. The number of hydrogen-bond donors (Lipinski definition) is 0. The number of carbonyl (C=O) groups is 2. The lowest BCUT2D eigenvalue weighted by Gasteiger charge is -2.40. The van der Waals surface area contributed by atoms with E-state index in [-0.39, 0.29) is 18.5 Å². The Kier molecular flexibility index (Phi) is 3.75. The van der Waals surface area contributed by atoms with Crippen molar-refractivity contribution in [1.82, 2.24) is 14.7 Å². The third-order valence-corrected chi connectivity index (χ3v) is 5.34. The fraction of sp³-hybridized carbons (Fsp3) is 0.421. The van der Waals surface area contributed by atoms with Crippen molar-refractivity contribution in [2.45, 2.75) is 26.1 Å². The summed E-state index contributed by atoms with van der Waals surface area (Å²) in [5, 5.41) is 0. The number of fused-ring (bicyclic) bond motifs is 3. The number of carbonyl (C=O) groups excluding carboxylic acids is 2. The van der Waals surface area contributed by atoms with E-state index in [0.29, 0.717) is 6.54 Å². The lowest BCUT2D eigenvalue weighted by Crippen LogP contribution is -2.64. The summed E-state index contributed by atoms with van der Waals surface area (Å²) in [6.45, 7) is 9.50. The molecule has 136 valence electrons. The van der Waals surface area contributed by atoms with Gasteiger partial charge in [-0.1, -0.05) is 18.2 Å². The van der Waals surface area contributed by atoms with Gasteiger partial charge in [-0.3, -0.25) is 9.69 Å². The second-order valence-corrected chi connectivity index (χ2v) is 7.05. The van der Waals surface area contributed by atoms with E-state index in [1.165, 1.54) is 16.0 Å². The number of urea groups is 1. The predicted molar refractivity (Wildman–Crippen MR) is 100 cm³/mol. The van der Waals surface area contributed by atoms with Gasteiger partial charge < -0.3 is 14.7 Å². The van der Waals surface area contributed by atoms with Crippen LogP contribution < -0.4 is 4.90 Å². The molecular weight excluding hydrogens is 330 g/mol. The first-order valence-electron chi connectivity index (χ1n) is 8.82. The van der Waals surface area contributed by atoms with E-state index >= 15 is 0 Å². The van der Waals surface area contributed by atoms with Crippen molar-refractivity contribution in [2.75, 3.05) is 31.6 Å². The average molecular weight is 353 g/mol. The summed E-state index contributed by atoms with van der Waals surface area (Å²) in [6.07, 6.45) is 1.10. The van der Waals surface area contributed by atoms with E-state index in [1.807, 2.05) is 4.90 Å². The highest BCUT2D eigenvalue weighted by atomic mass is 16.2. The van der Waals surface area contributed by atoms with Crippen molar-refractivity contribution in [3.05, 3.63) is 42.0 Å². The Balaban J connectivity index is 1.71. The van der Waals surface area contributed by atoms with E-state index < -0.39 is 12.2 Å². The fourth-order valence-corrected chi connectivity index (χ4v) is 3.97. The van der Waals surface area contributed by atoms with Crippen LogP contribution in [0.4, 0.5) is 10.5 Å². The Labute approximate surface area is 153 Å². The molecule has 3 amide bonds. The number of aryl methyl sites for hydroxylation is 2. The van der Waals surface area contributed by atoms with Crippen molar-refractivity contribution < 1.29 is 9.59 Å². The molecule has 0 radical (unpaired) electrons. The number of rotatable bonds is 3. The van der Waals surface area contributed by atoms with Crippen LogP contribution in [0.5, 0.6) is 0 Å². The topological polar surface area (TPSA) is 59.5 Å². The monoisotopic (exact) mass is 353 g/mol. The molecule has 1 aromatic carbocycles. The SMILES string of the molecule is C=CCN1C(=O)C2C(N=C3N(c4cc(C)ccc4C)CCN32)N(C)C1=O. The summed E-state index contributed by atoms with van der Waals surface area (Å²) < 4.78 is 0. The van der Waals surface area contributed by atoms with Gasteiger partial charge in [-0.15, -0.1) is 6.58 Å². The highest BCUT2D eigenvalue weighted by Gasteiger charge is 2.54. The van der Waals surface area contributed by atoms with Gasteiger partial charge in [-0.05, 0) is 31.0 Å². The number of benzene rings is 1. The standard InChI is InChI=1S/C19H23N5O2/c1-5-8-24-17(25)15-16(21(4)19(24)26)20-18-22(9-10-23(15)18)14-11-12(2)6-7-13(14)3/h5-7,11,15-16H,1,8-10H2,2-4H3. The smallest absolute Gasteiger partial charge is 0.325 e. The number of nitrogens with zero attached hydrogens (tertiary/aromatic N) is 5. The zero-order chi connectivity index (χ0) is 18.6. The van der Waals surface area contributed by atoms with Gasteiger partial charge in [0.25, 0.3) is 5.91 Å². The van der Waals surface area contributed by atoms with Crippen LogP contribution >= 0.6 is 0 Å². The van der Waals surface area contributed by atoms with Crippen LogP contribution in [0.3, 0.4) is 0 Å². The van der Waals surface area contributed by atoms with Gasteiger partial charge in [0, 0.05) is 32.4 Å². The molecule has 0 N–H and O–H groups in total. The minimum atomic E-state index is -0.473. The molecule has 2 fully saturated rings. The molecular formula is C19H23N5O2. The number of hydrogen-bond acceptors (Lipinski definition) is 5. The van der Waals surface area contributed by atoms with Crippen LogP contribution in [-0.2, 0) is 4.79 Å². The summed E-state index contributed by atoms with van der Waals surface area (Å²) >= 11 is 0. The minimum absolute atomic E-state index is 0.195. The Morgan fingerprint density at radius 2 is 2.04 bits per heavy atom. The lowest BCUT2D eigenvalue weighted by molar-refractivity contribution is -0.136. The van der Waals surface area contributed by atoms with Crippen LogP contribution in [0.25, 0.3) is 0 Å². The van der Waals surface area contributed by atoms with E-state index in [9.17, 15) is 9.59 Å². The van der Waals surface area contributed by atoms with Crippen LogP contribution in [0.15, 0.2) is 35.8 Å². The summed E-state index contributed by atoms with van der Waals surface area (Å²) in [7, 11) is 1.71. The Bertz CT molecular complexity index is 833. The molecule has 26 heavy (non-hydrogen) atoms. The van der Waals surface area contributed by atoms with Crippen molar-refractivity contribution in [1.29, 1.82) is 0 Å². The molecule has 0 spiro atoms.